The smallest absolute Gasteiger partial charge is 0.322 e. The van der Waals surface area contributed by atoms with E-state index in [0.717, 1.165) is 18.9 Å². The second-order valence-corrected chi connectivity index (χ2v) is 3.85. The van der Waals surface area contributed by atoms with Crippen LogP contribution in [0.5, 0.6) is 5.75 Å². The molecule has 0 aliphatic carbocycles. The lowest BCUT2D eigenvalue weighted by molar-refractivity contribution is -0.135. The fourth-order valence-electron chi connectivity index (χ4n) is 1.28. The van der Waals surface area contributed by atoms with Crippen molar-refractivity contribution in [1.29, 1.82) is 0 Å². The largest absolute Gasteiger partial charge is 0.488 e. The molecule has 1 amide bonds. The molecule has 0 aliphatic heterocycles. The van der Waals surface area contributed by atoms with Crippen LogP contribution in [0.15, 0.2) is 17.1 Å². The number of aliphatic carboxylic acids is 1. The maximum atomic E-state index is 11.6. The van der Waals surface area contributed by atoms with Crippen LogP contribution in [0.25, 0.3) is 0 Å². The molecule has 1 aromatic heterocycles. The summed E-state index contributed by atoms with van der Waals surface area (Å²) in [6, 6.07) is 1.08. The molecular weight excluding hydrogens is 252 g/mol. The van der Waals surface area contributed by atoms with Crippen LogP contribution in [0, 0.1) is 0 Å². The summed E-state index contributed by atoms with van der Waals surface area (Å²) in [5, 5.41) is 10.6. The van der Waals surface area contributed by atoms with Gasteiger partial charge in [-0.3, -0.25) is 14.4 Å². The van der Waals surface area contributed by atoms with Crippen molar-refractivity contribution in [2.75, 3.05) is 13.2 Å². The third kappa shape index (κ3) is 4.82. The summed E-state index contributed by atoms with van der Waals surface area (Å²) in [6.45, 7) is 1.93. The lowest BCUT2D eigenvalue weighted by Gasteiger charge is -2.06. The Morgan fingerprint density at radius 3 is 2.79 bits per heavy atom. The van der Waals surface area contributed by atoms with E-state index in [1.54, 1.807) is 0 Å². The van der Waals surface area contributed by atoms with Gasteiger partial charge in [-0.2, -0.15) is 0 Å². The zero-order valence-corrected chi connectivity index (χ0v) is 10.6. The highest BCUT2D eigenvalue weighted by atomic mass is 16.5. The molecule has 0 radical (unpaired) electrons. The van der Waals surface area contributed by atoms with Gasteiger partial charge in [-0.05, 0) is 6.42 Å². The number of ether oxygens (including phenoxy) is 1. The molecule has 104 valence electrons. The fourth-order valence-corrected chi connectivity index (χ4v) is 1.28. The molecule has 0 fully saturated rings. The zero-order valence-electron chi connectivity index (χ0n) is 10.6. The number of rotatable bonds is 7. The Labute approximate surface area is 109 Å². The van der Waals surface area contributed by atoms with Gasteiger partial charge in [0.05, 0.1) is 6.61 Å². The van der Waals surface area contributed by atoms with E-state index in [1.807, 2.05) is 6.92 Å². The SMILES string of the molecule is CCCCOc1c[nH]c(C(=O)NCC(=O)O)cc1=O. The quantitative estimate of drug-likeness (QED) is 0.619. The molecule has 19 heavy (non-hydrogen) atoms. The molecule has 0 spiro atoms. The highest BCUT2D eigenvalue weighted by molar-refractivity contribution is 5.94. The highest BCUT2D eigenvalue weighted by Gasteiger charge is 2.10. The zero-order chi connectivity index (χ0) is 14.3. The predicted molar refractivity (Wildman–Crippen MR) is 67.4 cm³/mol. The van der Waals surface area contributed by atoms with Crippen LogP contribution in [0.3, 0.4) is 0 Å². The molecule has 1 aromatic rings. The lowest BCUT2D eigenvalue weighted by Crippen LogP contribution is -2.30. The van der Waals surface area contributed by atoms with Gasteiger partial charge in [-0.25, -0.2) is 0 Å². The van der Waals surface area contributed by atoms with E-state index in [4.69, 9.17) is 9.84 Å². The van der Waals surface area contributed by atoms with Gasteiger partial charge in [0.15, 0.2) is 5.75 Å². The highest BCUT2D eigenvalue weighted by Crippen LogP contribution is 2.03. The molecule has 0 unspecified atom stereocenters. The molecular formula is C12H16N2O5. The Kier molecular flexibility index (Phi) is 5.59. The van der Waals surface area contributed by atoms with E-state index < -0.39 is 23.9 Å². The summed E-state index contributed by atoms with van der Waals surface area (Å²) < 4.78 is 5.24. The van der Waals surface area contributed by atoms with Gasteiger partial charge in [-0.1, -0.05) is 13.3 Å². The first-order valence-corrected chi connectivity index (χ1v) is 5.90. The van der Waals surface area contributed by atoms with Crippen LogP contribution in [-0.4, -0.2) is 35.1 Å². The molecule has 1 rings (SSSR count). The number of unbranched alkanes of at least 4 members (excludes halogenated alkanes) is 1. The molecule has 0 saturated carbocycles. The third-order valence-electron chi connectivity index (χ3n) is 2.28. The van der Waals surface area contributed by atoms with Gasteiger partial charge in [-0.15, -0.1) is 0 Å². The van der Waals surface area contributed by atoms with Crippen molar-refractivity contribution in [1.82, 2.24) is 10.3 Å². The summed E-state index contributed by atoms with van der Waals surface area (Å²) in [5.74, 6) is -1.67. The Morgan fingerprint density at radius 1 is 1.47 bits per heavy atom. The normalized spacial score (nSPS) is 9.95. The predicted octanol–water partition coefficient (Wildman–Crippen LogP) is 0.368. The Morgan fingerprint density at radius 2 is 2.21 bits per heavy atom. The number of nitrogens with one attached hydrogen (secondary N) is 2. The van der Waals surface area contributed by atoms with Gasteiger partial charge < -0.3 is 20.1 Å². The summed E-state index contributed by atoms with van der Waals surface area (Å²) >= 11 is 0. The monoisotopic (exact) mass is 268 g/mol. The summed E-state index contributed by atoms with van der Waals surface area (Å²) in [7, 11) is 0. The van der Waals surface area contributed by atoms with Gasteiger partial charge in [0.25, 0.3) is 5.91 Å². The maximum Gasteiger partial charge on any atom is 0.322 e. The second-order valence-electron chi connectivity index (χ2n) is 3.85. The number of hydrogen-bond acceptors (Lipinski definition) is 4. The van der Waals surface area contributed by atoms with Gasteiger partial charge in [0.1, 0.15) is 12.2 Å². The molecule has 0 atom stereocenters. The minimum atomic E-state index is -1.16. The van der Waals surface area contributed by atoms with Crippen molar-refractivity contribution in [3.63, 3.8) is 0 Å². The molecule has 7 heteroatoms. The van der Waals surface area contributed by atoms with Crippen LogP contribution in [0.1, 0.15) is 30.3 Å². The number of carboxylic acids is 1. The van der Waals surface area contributed by atoms with Crippen molar-refractivity contribution in [2.24, 2.45) is 0 Å². The lowest BCUT2D eigenvalue weighted by atomic mass is 10.3. The van der Waals surface area contributed by atoms with Crippen LogP contribution in [0.4, 0.5) is 0 Å². The van der Waals surface area contributed by atoms with Crippen LogP contribution in [0.2, 0.25) is 0 Å². The first-order chi connectivity index (χ1) is 9.04. The molecule has 3 N–H and O–H groups in total. The molecule has 0 bridgehead atoms. The first-order valence-electron chi connectivity index (χ1n) is 5.90. The Hall–Kier alpha value is -2.31. The molecule has 0 aliphatic rings. The maximum absolute atomic E-state index is 11.6. The van der Waals surface area contributed by atoms with E-state index in [-0.39, 0.29) is 11.4 Å². The fraction of sp³-hybridized carbons (Fsp3) is 0.417. The molecule has 1 heterocycles. The first kappa shape index (κ1) is 14.7. The van der Waals surface area contributed by atoms with Gasteiger partial charge in [0.2, 0.25) is 5.43 Å². The van der Waals surface area contributed by atoms with E-state index in [0.29, 0.717) is 6.61 Å². The van der Waals surface area contributed by atoms with Gasteiger partial charge in [0, 0.05) is 12.3 Å². The number of hydrogen-bond donors (Lipinski definition) is 3. The number of aromatic nitrogens is 1. The number of amides is 1. The van der Waals surface area contributed by atoms with Crippen LogP contribution in [-0.2, 0) is 4.79 Å². The minimum Gasteiger partial charge on any atom is -0.488 e. The number of carbonyl (C=O) groups excluding carboxylic acids is 1. The summed E-state index contributed by atoms with van der Waals surface area (Å²) in [6.07, 6.45) is 3.08. The van der Waals surface area contributed by atoms with Gasteiger partial charge >= 0.3 is 5.97 Å². The third-order valence-corrected chi connectivity index (χ3v) is 2.28. The van der Waals surface area contributed by atoms with E-state index in [2.05, 4.69) is 10.3 Å². The second kappa shape index (κ2) is 7.20. The van der Waals surface area contributed by atoms with E-state index in [1.165, 1.54) is 6.20 Å². The average Bonchev–Trinajstić information content (AvgIpc) is 2.38. The molecule has 0 saturated heterocycles. The summed E-state index contributed by atoms with van der Waals surface area (Å²) in [4.78, 5) is 36.0. The molecule has 7 nitrogen and oxygen atoms in total. The van der Waals surface area contributed by atoms with Crippen LogP contribution >= 0.6 is 0 Å². The van der Waals surface area contributed by atoms with Crippen molar-refractivity contribution >= 4 is 11.9 Å². The number of carboxylic acid groups (broad SMARTS) is 1. The number of carbonyl (C=O) groups is 2. The Bertz CT molecular complexity index is 509. The van der Waals surface area contributed by atoms with Crippen molar-refractivity contribution in [2.45, 2.75) is 19.8 Å². The number of aromatic amines is 1. The van der Waals surface area contributed by atoms with Crippen LogP contribution < -0.4 is 15.5 Å². The van der Waals surface area contributed by atoms with Crippen molar-refractivity contribution < 1.29 is 19.4 Å². The number of H-pyrrole nitrogens is 1. The Balaban J connectivity index is 2.68. The topological polar surface area (TPSA) is 108 Å². The number of pyridine rings is 1. The summed E-state index contributed by atoms with van der Waals surface area (Å²) in [5.41, 5.74) is -0.426. The van der Waals surface area contributed by atoms with Crippen molar-refractivity contribution in [3.05, 3.63) is 28.2 Å². The molecule has 0 aromatic carbocycles. The van der Waals surface area contributed by atoms with E-state index >= 15 is 0 Å². The average molecular weight is 268 g/mol. The standard InChI is InChI=1S/C12H16N2O5/c1-2-3-4-19-10-6-13-8(5-9(10)15)12(18)14-7-11(16)17/h5-6H,2-4,7H2,1H3,(H,13,15)(H,14,18)(H,16,17). The van der Waals surface area contributed by atoms with Crippen molar-refractivity contribution in [3.8, 4) is 5.75 Å². The minimum absolute atomic E-state index is 0.00547. The van der Waals surface area contributed by atoms with E-state index in [9.17, 15) is 14.4 Å².